The molecule has 1 fully saturated rings. The predicted molar refractivity (Wildman–Crippen MR) is 70.1 cm³/mol. The molecule has 0 amide bonds. The maximum atomic E-state index is 12.2. The lowest BCUT2D eigenvalue weighted by Gasteiger charge is -2.43. The first-order chi connectivity index (χ1) is 9.38. The highest BCUT2D eigenvalue weighted by Gasteiger charge is 2.38. The van der Waals surface area contributed by atoms with Crippen LogP contribution in [0.2, 0.25) is 0 Å². The van der Waals surface area contributed by atoms with Gasteiger partial charge >= 0.3 is 0 Å². The molecule has 1 N–H and O–H groups in total. The van der Waals surface area contributed by atoms with E-state index in [-0.39, 0.29) is 37.2 Å². The van der Waals surface area contributed by atoms with Crippen LogP contribution in [0.5, 0.6) is 0 Å². The summed E-state index contributed by atoms with van der Waals surface area (Å²) in [6.45, 7) is 6.63. The van der Waals surface area contributed by atoms with Crippen molar-refractivity contribution < 1.29 is 21.4 Å². The van der Waals surface area contributed by atoms with Gasteiger partial charge in [0.05, 0.1) is 28.1 Å². The van der Waals surface area contributed by atoms with E-state index in [0.717, 1.165) is 0 Å². The molecule has 0 spiro atoms. The van der Waals surface area contributed by atoms with Crippen LogP contribution in [0.1, 0.15) is 23.5 Å². The van der Waals surface area contributed by atoms with Crippen LogP contribution < -0.4 is 5.54 Å². The summed E-state index contributed by atoms with van der Waals surface area (Å²) in [5.41, 5.74) is 1.65. The minimum Gasteiger partial charge on any atom is -0.388 e. The first kappa shape index (κ1) is 14.2. The van der Waals surface area contributed by atoms with Gasteiger partial charge in [0.2, 0.25) is 0 Å². The van der Waals surface area contributed by atoms with Gasteiger partial charge in [-0.25, -0.2) is 0 Å². The van der Waals surface area contributed by atoms with Crippen molar-refractivity contribution in [1.29, 1.82) is 0 Å². The average Bonchev–Trinajstić information content (AvgIpc) is 2.39. The summed E-state index contributed by atoms with van der Waals surface area (Å²) in [6, 6.07) is 0. The molecule has 0 aromatic carbocycles. The molecule has 0 radical (unpaired) electrons. The number of ether oxygens (including phenoxy) is 3. The number of hydrogen-bond acceptors (Lipinski definition) is 4. The molecule has 1 aliphatic rings. The highest BCUT2D eigenvalue weighted by Crippen LogP contribution is 2.34. The van der Waals surface area contributed by atoms with Gasteiger partial charge in [0.1, 0.15) is 0 Å². The molecule has 110 valence electrons. The summed E-state index contributed by atoms with van der Waals surface area (Å²) in [5, 5.41) is 0. The van der Waals surface area contributed by atoms with E-state index in [1.165, 1.54) is 0 Å². The third kappa shape index (κ3) is 5.18. The van der Waals surface area contributed by atoms with Crippen molar-refractivity contribution >= 4 is 0 Å². The molecule has 0 aromatic heterocycles. The molecule has 1 heterocycles. The largest absolute Gasteiger partial charge is 0.388 e. The molecule has 1 rings (SSSR count). The lowest BCUT2D eigenvalue weighted by Crippen LogP contribution is -2.49. The first-order valence-electron chi connectivity index (χ1n) is 7.39. The molecule has 5 heteroatoms. The van der Waals surface area contributed by atoms with Crippen molar-refractivity contribution in [2.24, 2.45) is 17.8 Å². The highest BCUT2D eigenvalue weighted by molar-refractivity contribution is 4.86. The van der Waals surface area contributed by atoms with Gasteiger partial charge in [0, 0.05) is 21.3 Å². The maximum absolute atomic E-state index is 12.2. The standard InChI is InChI=1S/C11H22FNO2.C2H6O/c1-7-8(2)10(5-13-12)15-11(6-14-4)9(7)3;1-3-2/h7-11,13H,5-6H2,1-4H3;1-2H3/t7-,8-,9-,10+,11-;/m1./s1/i4TD;/t4?,7-,8-,9-,10+,11-;. The predicted octanol–water partition coefficient (Wildman–Crippen LogP) is 2.05. The summed E-state index contributed by atoms with van der Waals surface area (Å²) in [5.74, 6) is 0.942. The molecule has 1 aliphatic heterocycles. The number of nitrogens with one attached hydrogen (secondary N) is 1. The SMILES string of the molecule is COC.[2H]C([3H])OC[C@H]1O[C@@H](CNF)[C@H](C)[C@@H](C)[C@H]1C. The van der Waals surface area contributed by atoms with Gasteiger partial charge < -0.3 is 14.2 Å². The van der Waals surface area contributed by atoms with Crippen LogP contribution >= 0.6 is 0 Å². The Morgan fingerprint density at radius 2 is 1.83 bits per heavy atom. The van der Waals surface area contributed by atoms with E-state index in [0.29, 0.717) is 5.92 Å². The fourth-order valence-electron chi connectivity index (χ4n) is 2.22. The first-order valence-corrected chi connectivity index (χ1v) is 6.24. The Morgan fingerprint density at radius 1 is 1.28 bits per heavy atom. The lowest BCUT2D eigenvalue weighted by atomic mass is 9.76. The van der Waals surface area contributed by atoms with E-state index < -0.39 is 7.06 Å². The van der Waals surface area contributed by atoms with Gasteiger partial charge in [-0.05, 0) is 17.8 Å². The van der Waals surface area contributed by atoms with Gasteiger partial charge in [-0.2, -0.15) is 5.54 Å². The van der Waals surface area contributed by atoms with E-state index in [1.807, 2.05) is 0 Å². The van der Waals surface area contributed by atoms with Crippen molar-refractivity contribution in [3.05, 3.63) is 0 Å². The maximum Gasteiger partial charge on any atom is 0.0841 e. The van der Waals surface area contributed by atoms with Gasteiger partial charge in [0.25, 0.3) is 0 Å². The summed E-state index contributed by atoms with van der Waals surface area (Å²) in [7, 11) is 1.96. The topological polar surface area (TPSA) is 39.7 Å². The Hall–Kier alpha value is -0.230. The number of hydrogen-bond donors (Lipinski definition) is 1. The Labute approximate surface area is 113 Å². The molecule has 18 heavy (non-hydrogen) atoms. The van der Waals surface area contributed by atoms with E-state index >= 15 is 0 Å². The van der Waals surface area contributed by atoms with Crippen LogP contribution in [0.4, 0.5) is 4.48 Å². The second-order valence-electron chi connectivity index (χ2n) is 4.87. The number of halogens is 1. The molecule has 0 aromatic rings. The molecule has 0 saturated carbocycles. The normalized spacial score (nSPS) is 39.1. The van der Waals surface area contributed by atoms with Gasteiger partial charge in [-0.3, -0.25) is 0 Å². The van der Waals surface area contributed by atoms with Crippen molar-refractivity contribution in [3.63, 3.8) is 0 Å². The van der Waals surface area contributed by atoms with Crippen molar-refractivity contribution in [1.82, 2.24) is 5.54 Å². The fourth-order valence-corrected chi connectivity index (χ4v) is 2.22. The summed E-state index contributed by atoms with van der Waals surface area (Å²) in [6.07, 6.45) is -0.354. The van der Waals surface area contributed by atoms with Crippen LogP contribution in [0.3, 0.4) is 0 Å². The Bertz CT molecular complexity index is 250. The van der Waals surface area contributed by atoms with E-state index in [4.69, 9.17) is 12.2 Å². The van der Waals surface area contributed by atoms with Crippen molar-refractivity contribution in [3.8, 4) is 0 Å². The van der Waals surface area contributed by atoms with Gasteiger partial charge in [0.15, 0.2) is 0 Å². The molecule has 6 atom stereocenters. The number of methoxy groups -OCH3 is 2. The zero-order chi connectivity index (χ0) is 15.7. The van der Waals surface area contributed by atoms with Crippen LogP contribution in [0.15, 0.2) is 0 Å². The molecular weight excluding hydrogens is 237 g/mol. The van der Waals surface area contributed by atoms with Gasteiger partial charge in [-0.1, -0.05) is 20.8 Å². The Balaban J connectivity index is 0.00000110. The molecule has 1 unspecified atom stereocenters. The second-order valence-corrected chi connectivity index (χ2v) is 4.87. The lowest BCUT2D eigenvalue weighted by molar-refractivity contribution is -0.152. The van der Waals surface area contributed by atoms with Crippen LogP contribution in [0.25, 0.3) is 0 Å². The smallest absolute Gasteiger partial charge is 0.0841 e. The number of rotatable bonds is 4. The quantitative estimate of drug-likeness (QED) is 0.792. The van der Waals surface area contributed by atoms with E-state index in [1.54, 1.807) is 19.8 Å². The third-order valence-electron chi connectivity index (χ3n) is 3.72. The second kappa shape index (κ2) is 9.67. The van der Waals surface area contributed by atoms with Crippen LogP contribution in [-0.2, 0) is 14.2 Å². The molecule has 4 nitrogen and oxygen atoms in total. The monoisotopic (exact) mass is 268 g/mol. The molecule has 1 saturated heterocycles. The van der Waals surface area contributed by atoms with E-state index in [9.17, 15) is 4.48 Å². The molecule has 0 aliphatic carbocycles. The minimum atomic E-state index is -1.29. The van der Waals surface area contributed by atoms with E-state index in [2.05, 4.69) is 25.5 Å². The van der Waals surface area contributed by atoms with Crippen LogP contribution in [-0.4, -0.2) is 46.6 Å². The van der Waals surface area contributed by atoms with Crippen molar-refractivity contribution in [2.45, 2.75) is 33.0 Å². The third-order valence-corrected chi connectivity index (χ3v) is 3.72. The highest BCUT2D eigenvalue weighted by atomic mass is 19.2. The Morgan fingerprint density at radius 3 is 2.33 bits per heavy atom. The van der Waals surface area contributed by atoms with Crippen LogP contribution in [0, 0.1) is 17.8 Å². The van der Waals surface area contributed by atoms with Gasteiger partial charge in [-0.15, -0.1) is 4.48 Å². The summed E-state index contributed by atoms with van der Waals surface area (Å²) >= 11 is 0. The zero-order valence-corrected chi connectivity index (χ0v) is 12.0. The molecular formula is C13H28FNO3. The minimum absolute atomic E-state index is 0.167. The Kier molecular flexibility index (Phi) is 7.62. The summed E-state index contributed by atoms with van der Waals surface area (Å²) < 4.78 is 41.2. The summed E-state index contributed by atoms with van der Waals surface area (Å²) in [4.78, 5) is 0. The average molecular weight is 268 g/mol. The fraction of sp³-hybridized carbons (Fsp3) is 1.00. The zero-order valence-electron chi connectivity index (χ0n) is 14.0. The van der Waals surface area contributed by atoms with Crippen molar-refractivity contribution in [2.75, 3.05) is 34.4 Å². The molecule has 0 bridgehead atoms.